The summed E-state index contributed by atoms with van der Waals surface area (Å²) in [5.74, 6) is -0.161. The third kappa shape index (κ3) is 3.79. The Morgan fingerprint density at radius 1 is 0.964 bits per heavy atom. The lowest BCUT2D eigenvalue weighted by atomic mass is 9.97. The molecule has 5 nitrogen and oxygen atoms in total. The van der Waals surface area contributed by atoms with Crippen molar-refractivity contribution in [1.29, 1.82) is 0 Å². The van der Waals surface area contributed by atoms with Gasteiger partial charge in [0.25, 0.3) is 5.91 Å². The molecule has 1 saturated heterocycles. The number of nitrogens with zero attached hydrogens (tertiary/aromatic N) is 2. The van der Waals surface area contributed by atoms with Gasteiger partial charge in [-0.05, 0) is 72.9 Å². The minimum absolute atomic E-state index is 0.0511. The van der Waals surface area contributed by atoms with Gasteiger partial charge in [0.15, 0.2) is 0 Å². The predicted octanol–water partition coefficient (Wildman–Crippen LogP) is 3.61. The van der Waals surface area contributed by atoms with Gasteiger partial charge in [-0.15, -0.1) is 0 Å². The molecule has 2 aromatic rings. The van der Waals surface area contributed by atoms with Gasteiger partial charge in [0.1, 0.15) is 0 Å². The number of carbonyl (C=O) groups is 2. The molecule has 4 rings (SSSR count). The maximum Gasteiger partial charge on any atom is 0.255 e. The number of anilines is 2. The molecule has 5 heteroatoms. The van der Waals surface area contributed by atoms with Gasteiger partial charge in [-0.3, -0.25) is 9.59 Å². The third-order valence-electron chi connectivity index (χ3n) is 5.56. The predicted molar refractivity (Wildman–Crippen MR) is 112 cm³/mol. The quantitative estimate of drug-likeness (QED) is 0.831. The molecule has 2 aliphatic heterocycles. The second-order valence-corrected chi connectivity index (χ2v) is 7.39. The van der Waals surface area contributed by atoms with Crippen molar-refractivity contribution in [3.8, 4) is 0 Å². The zero-order valence-electron chi connectivity index (χ0n) is 16.0. The average molecular weight is 375 g/mol. The topological polar surface area (TPSA) is 52.7 Å². The highest BCUT2D eigenvalue weighted by Crippen LogP contribution is 2.24. The summed E-state index contributed by atoms with van der Waals surface area (Å²) in [4.78, 5) is 28.6. The molecule has 0 unspecified atom stereocenters. The molecule has 0 saturated carbocycles. The maximum atomic E-state index is 12.7. The Morgan fingerprint density at radius 2 is 1.71 bits per heavy atom. The molecule has 0 atom stereocenters. The molecular weight excluding hydrogens is 350 g/mol. The highest BCUT2D eigenvalue weighted by Gasteiger charge is 2.20. The van der Waals surface area contributed by atoms with E-state index in [2.05, 4.69) is 28.9 Å². The van der Waals surface area contributed by atoms with Crippen LogP contribution in [0.1, 0.15) is 34.3 Å². The minimum atomic E-state index is -0.110. The van der Waals surface area contributed by atoms with Crippen LogP contribution in [0.5, 0.6) is 0 Å². The van der Waals surface area contributed by atoms with E-state index >= 15 is 0 Å². The molecule has 0 aliphatic carbocycles. The number of nitrogens with one attached hydrogen (secondary N) is 1. The van der Waals surface area contributed by atoms with E-state index in [1.807, 2.05) is 30.3 Å². The van der Waals surface area contributed by atoms with Crippen LogP contribution in [0.25, 0.3) is 0 Å². The minimum Gasteiger partial charge on any atom is -0.372 e. The second kappa shape index (κ2) is 7.89. The molecule has 0 aromatic heterocycles. The van der Waals surface area contributed by atoms with Gasteiger partial charge in [-0.25, -0.2) is 0 Å². The highest BCUT2D eigenvalue weighted by atomic mass is 16.2. The molecule has 144 valence electrons. The number of carbonyl (C=O) groups excluding carboxylic acids is 2. The molecule has 28 heavy (non-hydrogen) atoms. The van der Waals surface area contributed by atoms with E-state index in [0.29, 0.717) is 18.7 Å². The standard InChI is InChI=1S/C23H25N3O2/c1-2-22(27)26-14-11-17-15-18(5-6-19(17)16-26)23(28)24-20-7-9-21(10-8-20)25-12-3-4-13-25/h2,5-10,15H,1,3-4,11-14,16H2,(H,24,28). The molecule has 2 aliphatic rings. The summed E-state index contributed by atoms with van der Waals surface area (Å²) in [6.07, 6.45) is 4.59. The summed E-state index contributed by atoms with van der Waals surface area (Å²) in [6.45, 7) is 6.99. The molecule has 0 radical (unpaired) electrons. The van der Waals surface area contributed by atoms with E-state index in [1.165, 1.54) is 24.6 Å². The van der Waals surface area contributed by atoms with Crippen molar-refractivity contribution in [3.05, 3.63) is 71.8 Å². The Labute approximate surface area is 165 Å². The van der Waals surface area contributed by atoms with E-state index in [9.17, 15) is 9.59 Å². The van der Waals surface area contributed by atoms with Gasteiger partial charge in [0.05, 0.1) is 0 Å². The van der Waals surface area contributed by atoms with Gasteiger partial charge >= 0.3 is 0 Å². The Bertz CT molecular complexity index is 899. The van der Waals surface area contributed by atoms with Gasteiger partial charge in [0, 0.05) is 43.1 Å². The fourth-order valence-electron chi connectivity index (χ4n) is 3.95. The molecule has 2 heterocycles. The van der Waals surface area contributed by atoms with Crippen molar-refractivity contribution in [2.24, 2.45) is 0 Å². The van der Waals surface area contributed by atoms with Gasteiger partial charge in [-0.2, -0.15) is 0 Å². The third-order valence-corrected chi connectivity index (χ3v) is 5.56. The van der Waals surface area contributed by atoms with Crippen LogP contribution in [0.15, 0.2) is 55.1 Å². The van der Waals surface area contributed by atoms with Crippen LogP contribution >= 0.6 is 0 Å². The van der Waals surface area contributed by atoms with Crippen LogP contribution in [-0.4, -0.2) is 36.3 Å². The first-order valence-corrected chi connectivity index (χ1v) is 9.83. The Kier molecular flexibility index (Phi) is 5.15. The SMILES string of the molecule is C=CC(=O)N1CCc2cc(C(=O)Nc3ccc(N4CCCC4)cc3)ccc2C1. The van der Waals surface area contributed by atoms with Crippen molar-refractivity contribution in [1.82, 2.24) is 4.90 Å². The van der Waals surface area contributed by atoms with Gasteiger partial charge in [0.2, 0.25) is 5.91 Å². The summed E-state index contributed by atoms with van der Waals surface area (Å²) < 4.78 is 0. The summed E-state index contributed by atoms with van der Waals surface area (Å²) in [5, 5.41) is 2.98. The Balaban J connectivity index is 1.42. The molecule has 2 amide bonds. The van der Waals surface area contributed by atoms with Crippen LogP contribution in [0.2, 0.25) is 0 Å². The molecule has 2 aromatic carbocycles. The number of hydrogen-bond donors (Lipinski definition) is 1. The number of fused-ring (bicyclic) bond motifs is 1. The zero-order chi connectivity index (χ0) is 19.5. The van der Waals surface area contributed by atoms with Crippen molar-refractivity contribution in [2.45, 2.75) is 25.8 Å². The Morgan fingerprint density at radius 3 is 2.43 bits per heavy atom. The summed E-state index contributed by atoms with van der Waals surface area (Å²) in [7, 11) is 0. The second-order valence-electron chi connectivity index (χ2n) is 7.39. The van der Waals surface area contributed by atoms with Crippen molar-refractivity contribution in [2.75, 3.05) is 29.9 Å². The monoisotopic (exact) mass is 375 g/mol. The first-order chi connectivity index (χ1) is 13.6. The van der Waals surface area contributed by atoms with Crippen LogP contribution in [0.3, 0.4) is 0 Å². The molecular formula is C23H25N3O2. The Hall–Kier alpha value is -3.08. The number of hydrogen-bond acceptors (Lipinski definition) is 3. The van der Waals surface area contributed by atoms with Crippen molar-refractivity contribution >= 4 is 23.2 Å². The first kappa shape index (κ1) is 18.3. The number of amides is 2. The zero-order valence-corrected chi connectivity index (χ0v) is 16.0. The lowest BCUT2D eigenvalue weighted by molar-refractivity contribution is -0.126. The van der Waals surface area contributed by atoms with Crippen LogP contribution < -0.4 is 10.2 Å². The maximum absolute atomic E-state index is 12.7. The van der Waals surface area contributed by atoms with Crippen molar-refractivity contribution < 1.29 is 9.59 Å². The van der Waals surface area contributed by atoms with E-state index in [4.69, 9.17) is 0 Å². The number of rotatable bonds is 4. The lowest BCUT2D eigenvalue weighted by Crippen LogP contribution is -2.34. The highest BCUT2D eigenvalue weighted by molar-refractivity contribution is 6.04. The summed E-state index contributed by atoms with van der Waals surface area (Å²) >= 11 is 0. The van der Waals surface area contributed by atoms with Crippen LogP contribution in [0, 0.1) is 0 Å². The largest absolute Gasteiger partial charge is 0.372 e. The smallest absolute Gasteiger partial charge is 0.255 e. The molecule has 1 fully saturated rings. The molecule has 1 N–H and O–H groups in total. The van der Waals surface area contributed by atoms with E-state index in [-0.39, 0.29) is 11.8 Å². The first-order valence-electron chi connectivity index (χ1n) is 9.83. The van der Waals surface area contributed by atoms with E-state index in [1.54, 1.807) is 4.90 Å². The lowest BCUT2D eigenvalue weighted by Gasteiger charge is -2.28. The number of benzene rings is 2. The molecule has 0 spiro atoms. The summed E-state index contributed by atoms with van der Waals surface area (Å²) in [5.41, 5.74) is 4.88. The van der Waals surface area contributed by atoms with Crippen LogP contribution in [-0.2, 0) is 17.8 Å². The fourth-order valence-corrected chi connectivity index (χ4v) is 3.95. The van der Waals surface area contributed by atoms with E-state index < -0.39 is 0 Å². The van der Waals surface area contributed by atoms with E-state index in [0.717, 1.165) is 36.3 Å². The summed E-state index contributed by atoms with van der Waals surface area (Å²) in [6, 6.07) is 13.8. The normalized spacial score (nSPS) is 15.9. The fraction of sp³-hybridized carbons (Fsp3) is 0.304. The average Bonchev–Trinajstić information content (AvgIpc) is 3.27. The van der Waals surface area contributed by atoms with Crippen LogP contribution in [0.4, 0.5) is 11.4 Å². The van der Waals surface area contributed by atoms with Gasteiger partial charge in [-0.1, -0.05) is 12.6 Å². The van der Waals surface area contributed by atoms with Gasteiger partial charge < -0.3 is 15.1 Å². The molecule has 0 bridgehead atoms. The van der Waals surface area contributed by atoms with Crippen molar-refractivity contribution in [3.63, 3.8) is 0 Å².